The van der Waals surface area contributed by atoms with Gasteiger partial charge in [0, 0.05) is 21.5 Å². The first-order valence-electron chi connectivity index (χ1n) is 6.90. The van der Waals surface area contributed by atoms with Crippen LogP contribution in [-0.2, 0) is 0 Å². The number of benzene rings is 1. The Balaban J connectivity index is 1.98. The summed E-state index contributed by atoms with van der Waals surface area (Å²) in [7, 11) is 0. The lowest BCUT2D eigenvalue weighted by molar-refractivity contribution is -0.0134. The highest BCUT2D eigenvalue weighted by atomic mass is 79.9. The van der Waals surface area contributed by atoms with Gasteiger partial charge in [0.05, 0.1) is 6.10 Å². The van der Waals surface area contributed by atoms with Crippen LogP contribution in [0.5, 0.6) is 0 Å². The zero-order valence-electron chi connectivity index (χ0n) is 10.8. The van der Waals surface area contributed by atoms with Gasteiger partial charge in [0.1, 0.15) is 0 Å². The maximum atomic E-state index is 10.9. The molecule has 0 spiro atoms. The molecule has 2 bridgehead atoms. The summed E-state index contributed by atoms with van der Waals surface area (Å²) in [5, 5.41) is 11.6. The van der Waals surface area contributed by atoms with Gasteiger partial charge in [0.15, 0.2) is 0 Å². The second-order valence-corrected chi connectivity index (χ2v) is 7.38. The summed E-state index contributed by atoms with van der Waals surface area (Å²) in [5.41, 5.74) is 6.80. The third-order valence-electron chi connectivity index (χ3n) is 5.20. The van der Waals surface area contributed by atoms with E-state index >= 15 is 0 Å². The Morgan fingerprint density at radius 3 is 2.84 bits per heavy atom. The van der Waals surface area contributed by atoms with Crippen LogP contribution in [0.25, 0.3) is 0 Å². The average molecular weight is 345 g/mol. The monoisotopic (exact) mass is 343 g/mol. The second-order valence-electron chi connectivity index (χ2n) is 6.09. The Hall–Kier alpha value is -0.0900. The summed E-state index contributed by atoms with van der Waals surface area (Å²) < 4.78 is 0.917. The van der Waals surface area contributed by atoms with Crippen molar-refractivity contribution in [1.29, 1.82) is 0 Å². The molecule has 2 fully saturated rings. The predicted octanol–water partition coefficient (Wildman–Crippen LogP) is 3.90. The van der Waals surface area contributed by atoms with E-state index in [0.717, 1.165) is 22.4 Å². The molecule has 0 amide bonds. The Morgan fingerprint density at radius 2 is 2.26 bits per heavy atom. The first-order valence-corrected chi connectivity index (χ1v) is 8.07. The van der Waals surface area contributed by atoms with Crippen LogP contribution in [0.15, 0.2) is 22.7 Å². The van der Waals surface area contributed by atoms with Crippen LogP contribution in [0, 0.1) is 17.3 Å². The summed E-state index contributed by atoms with van der Waals surface area (Å²) in [4.78, 5) is 0. The van der Waals surface area contributed by atoms with E-state index in [-0.39, 0.29) is 5.41 Å². The van der Waals surface area contributed by atoms with Crippen LogP contribution in [0.3, 0.4) is 0 Å². The summed E-state index contributed by atoms with van der Waals surface area (Å²) in [6.45, 7) is 0.550. The number of rotatable bonds is 3. The van der Waals surface area contributed by atoms with Gasteiger partial charge in [-0.2, -0.15) is 0 Å². The molecule has 4 heteroatoms. The van der Waals surface area contributed by atoms with E-state index in [0.29, 0.717) is 17.5 Å². The van der Waals surface area contributed by atoms with Crippen LogP contribution in [0.1, 0.15) is 37.4 Å². The minimum absolute atomic E-state index is 0.157. The van der Waals surface area contributed by atoms with Gasteiger partial charge >= 0.3 is 0 Å². The fourth-order valence-electron chi connectivity index (χ4n) is 4.22. The molecule has 2 saturated carbocycles. The van der Waals surface area contributed by atoms with E-state index in [1.165, 1.54) is 19.3 Å². The molecular formula is C15H19BrClNO. The highest BCUT2D eigenvalue weighted by molar-refractivity contribution is 9.10. The first kappa shape index (κ1) is 13.9. The number of aliphatic hydroxyl groups is 1. The second kappa shape index (κ2) is 5.03. The predicted molar refractivity (Wildman–Crippen MR) is 81.0 cm³/mol. The van der Waals surface area contributed by atoms with Crippen molar-refractivity contribution < 1.29 is 5.11 Å². The molecule has 3 rings (SSSR count). The molecule has 4 atom stereocenters. The molecule has 19 heavy (non-hydrogen) atoms. The fraction of sp³-hybridized carbons (Fsp3) is 0.600. The SMILES string of the molecule is NCC1(C(O)c2cc(Cl)ccc2Br)CC2CCC1C2. The number of halogens is 2. The van der Waals surface area contributed by atoms with Crippen molar-refractivity contribution in [3.63, 3.8) is 0 Å². The molecule has 1 aromatic rings. The lowest BCUT2D eigenvalue weighted by Crippen LogP contribution is -2.41. The van der Waals surface area contributed by atoms with Crippen molar-refractivity contribution >= 4 is 27.5 Å². The van der Waals surface area contributed by atoms with Crippen molar-refractivity contribution in [1.82, 2.24) is 0 Å². The zero-order valence-corrected chi connectivity index (χ0v) is 13.1. The molecule has 3 N–H and O–H groups in total. The van der Waals surface area contributed by atoms with Gasteiger partial charge in [-0.3, -0.25) is 0 Å². The number of hydrogen-bond acceptors (Lipinski definition) is 2. The van der Waals surface area contributed by atoms with Crippen molar-refractivity contribution in [3.8, 4) is 0 Å². The molecule has 2 aliphatic rings. The van der Waals surface area contributed by atoms with E-state index in [9.17, 15) is 5.11 Å². The molecule has 104 valence electrons. The molecule has 1 aromatic carbocycles. The smallest absolute Gasteiger partial charge is 0.0872 e. The van der Waals surface area contributed by atoms with Gasteiger partial charge in [0.2, 0.25) is 0 Å². The van der Waals surface area contributed by atoms with Crippen LogP contribution in [0.4, 0.5) is 0 Å². The summed E-state index contributed by atoms with van der Waals surface area (Å²) in [6.07, 6.45) is 4.26. The van der Waals surface area contributed by atoms with E-state index in [4.69, 9.17) is 17.3 Å². The Labute approximate surface area is 127 Å². The largest absolute Gasteiger partial charge is 0.388 e. The number of aliphatic hydroxyl groups excluding tert-OH is 1. The first-order chi connectivity index (χ1) is 9.06. The third-order valence-corrected chi connectivity index (χ3v) is 6.16. The van der Waals surface area contributed by atoms with Crippen LogP contribution in [0.2, 0.25) is 5.02 Å². The Kier molecular flexibility index (Phi) is 3.67. The minimum atomic E-state index is -0.527. The van der Waals surface area contributed by atoms with Gasteiger partial charge in [0.25, 0.3) is 0 Å². The van der Waals surface area contributed by atoms with Crippen LogP contribution in [-0.4, -0.2) is 11.7 Å². The molecular weight excluding hydrogens is 326 g/mol. The molecule has 0 aliphatic heterocycles. The summed E-state index contributed by atoms with van der Waals surface area (Å²) >= 11 is 9.60. The molecule has 0 radical (unpaired) electrons. The van der Waals surface area contributed by atoms with Gasteiger partial charge < -0.3 is 10.8 Å². The van der Waals surface area contributed by atoms with Crippen LogP contribution < -0.4 is 5.73 Å². The quantitative estimate of drug-likeness (QED) is 0.873. The Morgan fingerprint density at radius 1 is 1.47 bits per heavy atom. The van der Waals surface area contributed by atoms with Crippen molar-refractivity contribution in [2.45, 2.75) is 31.8 Å². The van der Waals surface area contributed by atoms with Gasteiger partial charge in [-0.15, -0.1) is 0 Å². The molecule has 4 unspecified atom stereocenters. The molecule has 2 aliphatic carbocycles. The van der Waals surface area contributed by atoms with Crippen molar-refractivity contribution in [3.05, 3.63) is 33.3 Å². The highest BCUT2D eigenvalue weighted by Crippen LogP contribution is 2.60. The maximum absolute atomic E-state index is 10.9. The molecule has 0 aromatic heterocycles. The number of fused-ring (bicyclic) bond motifs is 2. The third kappa shape index (κ3) is 2.15. The van der Waals surface area contributed by atoms with E-state index in [1.54, 1.807) is 0 Å². The highest BCUT2D eigenvalue weighted by Gasteiger charge is 2.54. The fourth-order valence-corrected chi connectivity index (χ4v) is 4.86. The average Bonchev–Trinajstić information content (AvgIpc) is 3.01. The van der Waals surface area contributed by atoms with Crippen LogP contribution >= 0.6 is 27.5 Å². The lowest BCUT2D eigenvalue weighted by atomic mass is 9.67. The van der Waals surface area contributed by atoms with E-state index in [2.05, 4.69) is 15.9 Å². The normalized spacial score (nSPS) is 34.7. The summed E-state index contributed by atoms with van der Waals surface area (Å²) in [5.74, 6) is 1.31. The van der Waals surface area contributed by atoms with Gasteiger partial charge in [-0.1, -0.05) is 34.0 Å². The van der Waals surface area contributed by atoms with Gasteiger partial charge in [-0.05, 0) is 54.9 Å². The van der Waals surface area contributed by atoms with Crippen molar-refractivity contribution in [2.24, 2.45) is 23.0 Å². The van der Waals surface area contributed by atoms with E-state index < -0.39 is 6.10 Å². The topological polar surface area (TPSA) is 46.2 Å². The lowest BCUT2D eigenvalue weighted by Gasteiger charge is -2.41. The van der Waals surface area contributed by atoms with Gasteiger partial charge in [-0.25, -0.2) is 0 Å². The minimum Gasteiger partial charge on any atom is -0.388 e. The number of hydrogen-bond donors (Lipinski definition) is 2. The number of nitrogens with two attached hydrogens (primary N) is 1. The molecule has 0 heterocycles. The molecule has 0 saturated heterocycles. The standard InChI is InChI=1S/C15H19BrClNO/c16-13-4-3-11(17)6-12(13)14(19)15(8-18)7-9-1-2-10(15)5-9/h3-4,6,9-10,14,19H,1-2,5,7-8,18H2. The molecule has 2 nitrogen and oxygen atoms in total. The Bertz CT molecular complexity index is 495. The maximum Gasteiger partial charge on any atom is 0.0872 e. The zero-order chi connectivity index (χ0) is 13.6. The summed E-state index contributed by atoms with van der Waals surface area (Å²) in [6, 6.07) is 5.59. The van der Waals surface area contributed by atoms with E-state index in [1.807, 2.05) is 18.2 Å². The van der Waals surface area contributed by atoms with Crippen molar-refractivity contribution in [2.75, 3.05) is 6.54 Å².